The predicted octanol–water partition coefficient (Wildman–Crippen LogP) is 2.25. The average molecular weight is 348 g/mol. The van der Waals surface area contributed by atoms with Gasteiger partial charge in [0.05, 0.1) is 17.7 Å². The Morgan fingerprint density at radius 3 is 2.81 bits per heavy atom. The number of carbonyl (C=O) groups is 3. The minimum absolute atomic E-state index is 0.156. The summed E-state index contributed by atoms with van der Waals surface area (Å²) >= 11 is 0. The molecule has 1 aromatic heterocycles. The third-order valence-electron chi connectivity index (χ3n) is 4.28. The number of H-pyrrole nitrogens is 1. The first-order chi connectivity index (χ1) is 12.6. The van der Waals surface area contributed by atoms with Crippen LogP contribution < -0.4 is 16.0 Å². The molecule has 3 aromatic rings. The molecule has 1 aliphatic heterocycles. The molecule has 7 nitrogen and oxygen atoms in total. The van der Waals surface area contributed by atoms with Crippen molar-refractivity contribution in [2.75, 3.05) is 10.6 Å². The molecule has 2 heterocycles. The van der Waals surface area contributed by atoms with Gasteiger partial charge in [-0.15, -0.1) is 0 Å². The fraction of sp³-hybridized carbons (Fsp3) is 0.105. The number of amides is 3. The summed E-state index contributed by atoms with van der Waals surface area (Å²) in [4.78, 5) is 40.0. The highest BCUT2D eigenvalue weighted by molar-refractivity contribution is 6.11. The number of nitrogens with one attached hydrogen (secondary N) is 4. The highest BCUT2D eigenvalue weighted by atomic mass is 16.2. The van der Waals surface area contributed by atoms with E-state index in [2.05, 4.69) is 20.9 Å². The molecule has 0 spiro atoms. The van der Waals surface area contributed by atoms with Crippen molar-refractivity contribution >= 4 is 40.0 Å². The van der Waals surface area contributed by atoms with E-state index in [-0.39, 0.29) is 18.2 Å². The lowest BCUT2D eigenvalue weighted by molar-refractivity contribution is -0.122. The van der Waals surface area contributed by atoms with Crippen molar-refractivity contribution in [1.29, 1.82) is 0 Å². The SMILES string of the molecule is O=C(C[C@@H]1NC(=O)c2ccccc2NC1=O)Nc1ccc2[nH]ccc2c1. The highest BCUT2D eigenvalue weighted by Crippen LogP contribution is 2.20. The third kappa shape index (κ3) is 3.02. The van der Waals surface area contributed by atoms with Gasteiger partial charge in [-0.25, -0.2) is 0 Å². The number of rotatable bonds is 3. The number of hydrogen-bond acceptors (Lipinski definition) is 3. The quantitative estimate of drug-likeness (QED) is 0.584. The first-order valence-electron chi connectivity index (χ1n) is 8.18. The maximum Gasteiger partial charge on any atom is 0.254 e. The van der Waals surface area contributed by atoms with Crippen LogP contribution in [0.3, 0.4) is 0 Å². The second-order valence-corrected chi connectivity index (χ2v) is 6.09. The number of fused-ring (bicyclic) bond motifs is 2. The largest absolute Gasteiger partial charge is 0.361 e. The molecular weight excluding hydrogens is 332 g/mol. The van der Waals surface area contributed by atoms with Gasteiger partial charge in [0.15, 0.2) is 0 Å². The van der Waals surface area contributed by atoms with E-state index >= 15 is 0 Å². The van der Waals surface area contributed by atoms with Gasteiger partial charge in [0.2, 0.25) is 11.8 Å². The number of anilines is 2. The van der Waals surface area contributed by atoms with Crippen LogP contribution in [0.4, 0.5) is 11.4 Å². The van der Waals surface area contributed by atoms with Crippen LogP contribution in [0.1, 0.15) is 16.8 Å². The third-order valence-corrected chi connectivity index (χ3v) is 4.28. The Hall–Kier alpha value is -3.61. The minimum Gasteiger partial charge on any atom is -0.361 e. The van der Waals surface area contributed by atoms with Crippen LogP contribution in [0, 0.1) is 0 Å². The summed E-state index contributed by atoms with van der Waals surface area (Å²) in [5.41, 5.74) is 2.42. The van der Waals surface area contributed by atoms with E-state index in [1.54, 1.807) is 30.3 Å². The number of aromatic amines is 1. The van der Waals surface area contributed by atoms with Crippen molar-refractivity contribution in [3.8, 4) is 0 Å². The standard InChI is InChI=1S/C19H16N4O3/c24-17(21-12-5-6-14-11(9-12)7-8-20-14)10-16-19(26)22-15-4-2-1-3-13(15)18(25)23-16/h1-9,16,20H,10H2,(H,21,24)(H,22,26)(H,23,25)/t16-/m0/s1. The van der Waals surface area contributed by atoms with Crippen LogP contribution in [-0.2, 0) is 9.59 Å². The summed E-state index contributed by atoms with van der Waals surface area (Å²) in [5.74, 6) is -1.16. The normalized spacial score (nSPS) is 16.4. The van der Waals surface area contributed by atoms with Crippen LogP contribution in [0.25, 0.3) is 10.9 Å². The lowest BCUT2D eigenvalue weighted by Gasteiger charge is -2.14. The van der Waals surface area contributed by atoms with Gasteiger partial charge in [-0.3, -0.25) is 14.4 Å². The predicted molar refractivity (Wildman–Crippen MR) is 97.9 cm³/mol. The summed E-state index contributed by atoms with van der Waals surface area (Å²) in [6.07, 6.45) is 1.66. The molecular formula is C19H16N4O3. The van der Waals surface area contributed by atoms with Gasteiger partial charge in [-0.05, 0) is 36.4 Å². The fourth-order valence-electron chi connectivity index (χ4n) is 2.98. The summed E-state index contributed by atoms with van der Waals surface area (Å²) in [5, 5.41) is 9.03. The second kappa shape index (κ2) is 6.36. The van der Waals surface area contributed by atoms with Crippen molar-refractivity contribution in [2.45, 2.75) is 12.5 Å². The minimum atomic E-state index is -0.939. The molecule has 0 bridgehead atoms. The molecule has 3 amide bonds. The molecule has 1 atom stereocenters. The first kappa shape index (κ1) is 15.9. The van der Waals surface area contributed by atoms with E-state index in [0.717, 1.165) is 10.9 Å². The molecule has 0 fully saturated rings. The van der Waals surface area contributed by atoms with Crippen LogP contribution in [0.2, 0.25) is 0 Å². The first-order valence-corrected chi connectivity index (χ1v) is 8.18. The zero-order valence-corrected chi connectivity index (χ0v) is 13.7. The number of benzene rings is 2. The van der Waals surface area contributed by atoms with Crippen molar-refractivity contribution < 1.29 is 14.4 Å². The number of hydrogen-bond donors (Lipinski definition) is 4. The molecule has 4 rings (SSSR count). The van der Waals surface area contributed by atoms with Crippen molar-refractivity contribution in [1.82, 2.24) is 10.3 Å². The lowest BCUT2D eigenvalue weighted by Crippen LogP contribution is -2.43. The molecule has 0 saturated heterocycles. The van der Waals surface area contributed by atoms with Gasteiger partial charge in [0, 0.05) is 22.8 Å². The Morgan fingerprint density at radius 2 is 1.92 bits per heavy atom. The summed E-state index contributed by atoms with van der Waals surface area (Å²) < 4.78 is 0. The van der Waals surface area contributed by atoms with Crippen LogP contribution >= 0.6 is 0 Å². The molecule has 2 aromatic carbocycles. The van der Waals surface area contributed by atoms with E-state index in [1.807, 2.05) is 24.4 Å². The zero-order valence-electron chi connectivity index (χ0n) is 13.7. The monoisotopic (exact) mass is 348 g/mol. The van der Waals surface area contributed by atoms with E-state index in [9.17, 15) is 14.4 Å². The number of aromatic nitrogens is 1. The highest BCUT2D eigenvalue weighted by Gasteiger charge is 2.29. The Balaban J connectivity index is 1.47. The molecule has 0 aliphatic carbocycles. The van der Waals surface area contributed by atoms with E-state index < -0.39 is 11.9 Å². The van der Waals surface area contributed by atoms with Gasteiger partial charge in [-0.2, -0.15) is 0 Å². The average Bonchev–Trinajstić information content (AvgIpc) is 3.04. The lowest BCUT2D eigenvalue weighted by atomic mass is 10.1. The maximum atomic E-state index is 12.3. The Kier molecular flexibility index (Phi) is 3.89. The van der Waals surface area contributed by atoms with Gasteiger partial charge >= 0.3 is 0 Å². The Bertz CT molecular complexity index is 1020. The zero-order chi connectivity index (χ0) is 18.1. The maximum absolute atomic E-state index is 12.3. The molecule has 0 unspecified atom stereocenters. The smallest absolute Gasteiger partial charge is 0.254 e. The molecule has 4 N–H and O–H groups in total. The second-order valence-electron chi connectivity index (χ2n) is 6.09. The topological polar surface area (TPSA) is 103 Å². The van der Waals surface area contributed by atoms with E-state index in [0.29, 0.717) is 16.9 Å². The molecule has 0 radical (unpaired) electrons. The van der Waals surface area contributed by atoms with Crippen molar-refractivity contribution in [2.24, 2.45) is 0 Å². The van der Waals surface area contributed by atoms with Gasteiger partial charge in [-0.1, -0.05) is 12.1 Å². The Morgan fingerprint density at radius 1 is 1.08 bits per heavy atom. The Labute approximate surface area is 148 Å². The fourth-order valence-corrected chi connectivity index (χ4v) is 2.98. The van der Waals surface area contributed by atoms with Crippen LogP contribution in [0.5, 0.6) is 0 Å². The number of carbonyl (C=O) groups excluding carboxylic acids is 3. The summed E-state index contributed by atoms with van der Waals surface area (Å²) in [7, 11) is 0. The van der Waals surface area contributed by atoms with Gasteiger partial charge in [0.1, 0.15) is 6.04 Å². The van der Waals surface area contributed by atoms with E-state index in [4.69, 9.17) is 0 Å². The summed E-state index contributed by atoms with van der Waals surface area (Å²) in [6, 6.07) is 13.2. The van der Waals surface area contributed by atoms with Gasteiger partial charge in [0.25, 0.3) is 5.91 Å². The molecule has 0 saturated carbocycles. The number of para-hydroxylation sites is 1. The van der Waals surface area contributed by atoms with E-state index in [1.165, 1.54) is 0 Å². The van der Waals surface area contributed by atoms with Gasteiger partial charge < -0.3 is 20.9 Å². The molecule has 7 heteroatoms. The van der Waals surface area contributed by atoms with Crippen molar-refractivity contribution in [3.63, 3.8) is 0 Å². The van der Waals surface area contributed by atoms with Crippen LogP contribution in [-0.4, -0.2) is 28.7 Å². The van der Waals surface area contributed by atoms with Crippen LogP contribution in [0.15, 0.2) is 54.7 Å². The van der Waals surface area contributed by atoms with Crippen molar-refractivity contribution in [3.05, 3.63) is 60.3 Å². The molecule has 1 aliphatic rings. The molecule has 26 heavy (non-hydrogen) atoms. The summed E-state index contributed by atoms with van der Waals surface area (Å²) in [6.45, 7) is 0. The molecule has 130 valence electrons.